The molecule has 0 atom stereocenters. The van der Waals surface area contributed by atoms with Crippen molar-refractivity contribution in [2.24, 2.45) is 0 Å². The molecule has 3 N–H and O–H groups in total. The lowest BCUT2D eigenvalue weighted by atomic mass is 10.3. The van der Waals surface area contributed by atoms with Gasteiger partial charge in [-0.3, -0.25) is 0 Å². The van der Waals surface area contributed by atoms with Crippen molar-refractivity contribution in [1.82, 2.24) is 19.7 Å². The Morgan fingerprint density at radius 1 is 1.16 bits per heavy atom. The van der Waals surface area contributed by atoms with Crippen molar-refractivity contribution in [3.63, 3.8) is 0 Å². The number of hydrogen-bond acceptors (Lipinski definition) is 5. The van der Waals surface area contributed by atoms with Crippen molar-refractivity contribution >= 4 is 22.8 Å². The molecule has 0 radical (unpaired) electrons. The molecule has 2 heterocycles. The second kappa shape index (κ2) is 4.24. The Labute approximate surface area is 110 Å². The molecule has 0 saturated carbocycles. The van der Waals surface area contributed by atoms with E-state index in [1.54, 1.807) is 11.7 Å². The summed E-state index contributed by atoms with van der Waals surface area (Å²) in [6, 6.07) is 9.83. The summed E-state index contributed by atoms with van der Waals surface area (Å²) in [6.07, 6.45) is 0. The predicted molar refractivity (Wildman–Crippen MR) is 75.4 cm³/mol. The molecular weight excluding hydrogens is 240 g/mol. The zero-order chi connectivity index (χ0) is 13.4. The fourth-order valence-corrected chi connectivity index (χ4v) is 2.13. The molecule has 0 fully saturated rings. The highest BCUT2D eigenvalue weighted by Gasteiger charge is 2.15. The molecule has 6 heteroatoms. The minimum absolute atomic E-state index is 0.230. The standard InChI is InChI=1S/C13H14N6/c1-8-10-11(15-2)16-13(14)17-12(10)19(18-8)9-6-4-3-5-7-9/h3-7H,1-2H3,(H3,14,15,16,17). The summed E-state index contributed by atoms with van der Waals surface area (Å²) in [5.41, 5.74) is 8.27. The van der Waals surface area contributed by atoms with E-state index in [1.807, 2.05) is 37.3 Å². The molecule has 0 aliphatic carbocycles. The number of rotatable bonds is 2. The van der Waals surface area contributed by atoms with Crippen LogP contribution in [0.2, 0.25) is 0 Å². The zero-order valence-electron chi connectivity index (χ0n) is 10.8. The van der Waals surface area contributed by atoms with Crippen LogP contribution in [0.15, 0.2) is 30.3 Å². The van der Waals surface area contributed by atoms with Crippen LogP contribution in [0.1, 0.15) is 5.69 Å². The van der Waals surface area contributed by atoms with Crippen LogP contribution in [-0.2, 0) is 0 Å². The first-order valence-corrected chi connectivity index (χ1v) is 5.96. The molecule has 3 aromatic rings. The van der Waals surface area contributed by atoms with E-state index in [0.29, 0.717) is 11.5 Å². The molecule has 0 amide bonds. The fraction of sp³-hybridized carbons (Fsp3) is 0.154. The number of anilines is 2. The number of hydrogen-bond donors (Lipinski definition) is 2. The number of para-hydroxylation sites is 1. The Morgan fingerprint density at radius 2 is 1.89 bits per heavy atom. The molecule has 0 spiro atoms. The van der Waals surface area contributed by atoms with Gasteiger partial charge in [0.15, 0.2) is 5.65 Å². The van der Waals surface area contributed by atoms with Gasteiger partial charge in [0, 0.05) is 7.05 Å². The van der Waals surface area contributed by atoms with Gasteiger partial charge in [-0.05, 0) is 19.1 Å². The molecular formula is C13H14N6. The summed E-state index contributed by atoms with van der Waals surface area (Å²) < 4.78 is 1.78. The van der Waals surface area contributed by atoms with Gasteiger partial charge < -0.3 is 11.1 Å². The highest BCUT2D eigenvalue weighted by molar-refractivity contribution is 5.91. The molecule has 0 bridgehead atoms. The Kier molecular flexibility index (Phi) is 2.56. The van der Waals surface area contributed by atoms with E-state index < -0.39 is 0 Å². The lowest BCUT2D eigenvalue weighted by molar-refractivity contribution is 0.877. The SMILES string of the molecule is CNc1nc(N)nc2c1c(C)nn2-c1ccccc1. The van der Waals surface area contributed by atoms with Gasteiger partial charge in [0.25, 0.3) is 0 Å². The van der Waals surface area contributed by atoms with Crippen molar-refractivity contribution in [3.8, 4) is 5.69 Å². The Balaban J connectivity index is 2.36. The average molecular weight is 254 g/mol. The predicted octanol–water partition coefficient (Wildman–Crippen LogP) is 1.75. The molecule has 6 nitrogen and oxygen atoms in total. The summed E-state index contributed by atoms with van der Waals surface area (Å²) in [5.74, 6) is 0.927. The van der Waals surface area contributed by atoms with Crippen molar-refractivity contribution in [1.29, 1.82) is 0 Å². The summed E-state index contributed by atoms with van der Waals surface area (Å²) in [5, 5.41) is 8.45. The number of aromatic nitrogens is 4. The van der Waals surface area contributed by atoms with Crippen LogP contribution in [0.25, 0.3) is 16.7 Å². The van der Waals surface area contributed by atoms with Crippen molar-refractivity contribution in [2.45, 2.75) is 6.92 Å². The van der Waals surface area contributed by atoms with E-state index in [2.05, 4.69) is 20.4 Å². The van der Waals surface area contributed by atoms with Gasteiger partial charge >= 0.3 is 0 Å². The first-order valence-electron chi connectivity index (χ1n) is 5.96. The third-order valence-corrected chi connectivity index (χ3v) is 2.96. The van der Waals surface area contributed by atoms with Gasteiger partial charge in [0.1, 0.15) is 5.82 Å². The molecule has 3 rings (SSSR count). The first kappa shape index (κ1) is 11.5. The smallest absolute Gasteiger partial charge is 0.224 e. The van der Waals surface area contributed by atoms with Crippen molar-refractivity contribution in [2.75, 3.05) is 18.1 Å². The molecule has 0 saturated heterocycles. The van der Waals surface area contributed by atoms with Crippen LogP contribution >= 0.6 is 0 Å². The van der Waals surface area contributed by atoms with Crippen molar-refractivity contribution in [3.05, 3.63) is 36.0 Å². The van der Waals surface area contributed by atoms with E-state index in [-0.39, 0.29) is 5.95 Å². The van der Waals surface area contributed by atoms with Crippen LogP contribution in [-0.4, -0.2) is 26.8 Å². The molecule has 0 aliphatic heterocycles. The second-order valence-corrected chi connectivity index (χ2v) is 4.21. The number of aryl methyl sites for hydroxylation is 1. The maximum absolute atomic E-state index is 5.75. The number of benzene rings is 1. The van der Waals surface area contributed by atoms with Crippen LogP contribution in [0, 0.1) is 6.92 Å². The molecule has 96 valence electrons. The third-order valence-electron chi connectivity index (χ3n) is 2.96. The highest BCUT2D eigenvalue weighted by atomic mass is 15.3. The molecule has 0 unspecified atom stereocenters. The molecule has 2 aromatic heterocycles. The summed E-state index contributed by atoms with van der Waals surface area (Å²) in [4.78, 5) is 8.50. The molecule has 1 aromatic carbocycles. The number of fused-ring (bicyclic) bond motifs is 1. The maximum Gasteiger partial charge on any atom is 0.224 e. The first-order chi connectivity index (χ1) is 9.20. The Hall–Kier alpha value is -2.63. The van der Waals surface area contributed by atoms with Crippen molar-refractivity contribution < 1.29 is 0 Å². The number of nitrogens with zero attached hydrogens (tertiary/aromatic N) is 4. The lowest BCUT2D eigenvalue weighted by Crippen LogP contribution is -2.03. The molecule has 19 heavy (non-hydrogen) atoms. The average Bonchev–Trinajstić information content (AvgIpc) is 2.76. The molecule has 0 aliphatic rings. The minimum atomic E-state index is 0.230. The fourth-order valence-electron chi connectivity index (χ4n) is 2.13. The van der Waals surface area contributed by atoms with Crippen LogP contribution in [0.4, 0.5) is 11.8 Å². The normalized spacial score (nSPS) is 10.8. The van der Waals surface area contributed by atoms with E-state index in [0.717, 1.165) is 16.8 Å². The lowest BCUT2D eigenvalue weighted by Gasteiger charge is -2.05. The minimum Gasteiger partial charge on any atom is -0.372 e. The largest absolute Gasteiger partial charge is 0.372 e. The summed E-state index contributed by atoms with van der Waals surface area (Å²) in [7, 11) is 1.81. The summed E-state index contributed by atoms with van der Waals surface area (Å²) in [6.45, 7) is 1.93. The van der Waals surface area contributed by atoms with Crippen LogP contribution in [0.3, 0.4) is 0 Å². The van der Waals surface area contributed by atoms with Gasteiger partial charge in [0.05, 0.1) is 16.8 Å². The van der Waals surface area contributed by atoms with E-state index in [9.17, 15) is 0 Å². The monoisotopic (exact) mass is 254 g/mol. The maximum atomic E-state index is 5.75. The van der Waals surface area contributed by atoms with E-state index in [4.69, 9.17) is 5.73 Å². The van der Waals surface area contributed by atoms with Crippen LogP contribution in [0.5, 0.6) is 0 Å². The summed E-state index contributed by atoms with van der Waals surface area (Å²) >= 11 is 0. The van der Waals surface area contributed by atoms with Gasteiger partial charge in [0.2, 0.25) is 5.95 Å². The third kappa shape index (κ3) is 1.77. The van der Waals surface area contributed by atoms with Gasteiger partial charge in [-0.1, -0.05) is 18.2 Å². The Bertz CT molecular complexity index is 732. The van der Waals surface area contributed by atoms with E-state index >= 15 is 0 Å². The topological polar surface area (TPSA) is 81.7 Å². The Morgan fingerprint density at radius 3 is 2.58 bits per heavy atom. The second-order valence-electron chi connectivity index (χ2n) is 4.21. The van der Waals surface area contributed by atoms with Gasteiger partial charge in [-0.15, -0.1) is 0 Å². The quantitative estimate of drug-likeness (QED) is 0.728. The van der Waals surface area contributed by atoms with Gasteiger partial charge in [-0.2, -0.15) is 15.1 Å². The van der Waals surface area contributed by atoms with Crippen LogP contribution < -0.4 is 11.1 Å². The zero-order valence-corrected chi connectivity index (χ0v) is 10.8. The number of nitrogens with two attached hydrogens (primary N) is 1. The number of nitrogens with one attached hydrogen (secondary N) is 1. The highest BCUT2D eigenvalue weighted by Crippen LogP contribution is 2.26. The number of nitrogen functional groups attached to an aromatic ring is 1. The van der Waals surface area contributed by atoms with Gasteiger partial charge in [-0.25, -0.2) is 4.68 Å². The van der Waals surface area contributed by atoms with E-state index in [1.165, 1.54) is 0 Å².